The van der Waals surface area contributed by atoms with E-state index in [0.29, 0.717) is 6.54 Å². The molecule has 132 valence electrons. The molecule has 0 bridgehead atoms. The van der Waals surface area contributed by atoms with Crippen molar-refractivity contribution in [2.75, 3.05) is 7.11 Å². The molecule has 1 N–H and O–H groups in total. The summed E-state index contributed by atoms with van der Waals surface area (Å²) in [7, 11) is 1.66. The zero-order valence-corrected chi connectivity index (χ0v) is 15.2. The van der Waals surface area contributed by atoms with E-state index in [1.165, 1.54) is 0 Å². The number of ether oxygens (including phenoxy) is 1. The van der Waals surface area contributed by atoms with E-state index < -0.39 is 0 Å². The predicted molar refractivity (Wildman–Crippen MR) is 99.6 cm³/mol. The standard InChI is InChI=1S/C21H26N2O2/c1-16(2)23(15-17-7-5-4-6-8-17)20(24)22-21(13-14-21)18-9-11-19(25-3)12-10-18/h4-12,16H,13-15H2,1-3H3,(H,22,24). The molecule has 1 aliphatic rings. The third kappa shape index (κ3) is 3.95. The summed E-state index contributed by atoms with van der Waals surface area (Å²) in [5.74, 6) is 0.832. The Balaban J connectivity index is 1.72. The molecule has 0 radical (unpaired) electrons. The molecule has 0 atom stereocenters. The zero-order valence-electron chi connectivity index (χ0n) is 15.2. The molecular weight excluding hydrogens is 312 g/mol. The number of nitrogens with one attached hydrogen (secondary N) is 1. The Kier molecular flexibility index (Phi) is 4.98. The lowest BCUT2D eigenvalue weighted by atomic mass is 10.0. The molecule has 25 heavy (non-hydrogen) atoms. The summed E-state index contributed by atoms with van der Waals surface area (Å²) in [6.45, 7) is 4.72. The topological polar surface area (TPSA) is 41.6 Å². The number of methoxy groups -OCH3 is 1. The lowest BCUT2D eigenvalue weighted by Gasteiger charge is -2.30. The summed E-state index contributed by atoms with van der Waals surface area (Å²) >= 11 is 0. The Morgan fingerprint density at radius 3 is 2.28 bits per heavy atom. The molecule has 2 aromatic rings. The van der Waals surface area contributed by atoms with Crippen molar-refractivity contribution in [3.8, 4) is 5.75 Å². The first-order chi connectivity index (χ1) is 12.0. The number of hydrogen-bond donors (Lipinski definition) is 1. The maximum atomic E-state index is 12.9. The van der Waals surface area contributed by atoms with Gasteiger partial charge in [-0.3, -0.25) is 0 Å². The number of amides is 2. The number of carbonyl (C=O) groups excluding carboxylic acids is 1. The van der Waals surface area contributed by atoms with Crippen LogP contribution in [0.5, 0.6) is 5.75 Å². The lowest BCUT2D eigenvalue weighted by molar-refractivity contribution is 0.174. The van der Waals surface area contributed by atoms with E-state index >= 15 is 0 Å². The second-order valence-corrected chi connectivity index (χ2v) is 6.95. The summed E-state index contributed by atoms with van der Waals surface area (Å²) in [4.78, 5) is 14.8. The minimum Gasteiger partial charge on any atom is -0.497 e. The highest BCUT2D eigenvalue weighted by Gasteiger charge is 2.46. The molecule has 1 aliphatic carbocycles. The molecule has 3 rings (SSSR count). The highest BCUT2D eigenvalue weighted by atomic mass is 16.5. The molecule has 0 aromatic heterocycles. The van der Waals surface area contributed by atoms with Crippen molar-refractivity contribution in [1.82, 2.24) is 10.2 Å². The molecule has 0 spiro atoms. The molecule has 4 heteroatoms. The van der Waals surface area contributed by atoms with Gasteiger partial charge in [0.1, 0.15) is 5.75 Å². The largest absolute Gasteiger partial charge is 0.497 e. The maximum Gasteiger partial charge on any atom is 0.318 e. The molecule has 1 saturated carbocycles. The summed E-state index contributed by atoms with van der Waals surface area (Å²) in [6, 6.07) is 18.2. The van der Waals surface area contributed by atoms with Gasteiger partial charge in [-0.2, -0.15) is 0 Å². The molecule has 0 unspecified atom stereocenters. The van der Waals surface area contributed by atoms with Gasteiger partial charge in [0.05, 0.1) is 12.6 Å². The summed E-state index contributed by atoms with van der Waals surface area (Å²) < 4.78 is 5.22. The van der Waals surface area contributed by atoms with E-state index in [-0.39, 0.29) is 17.6 Å². The van der Waals surface area contributed by atoms with Gasteiger partial charge in [-0.15, -0.1) is 0 Å². The smallest absolute Gasteiger partial charge is 0.318 e. The van der Waals surface area contributed by atoms with Crippen LogP contribution >= 0.6 is 0 Å². The van der Waals surface area contributed by atoms with Crippen molar-refractivity contribution < 1.29 is 9.53 Å². The van der Waals surface area contributed by atoms with Gasteiger partial charge in [0.2, 0.25) is 0 Å². The van der Waals surface area contributed by atoms with Crippen molar-refractivity contribution in [2.45, 2.75) is 44.8 Å². The summed E-state index contributed by atoms with van der Waals surface area (Å²) in [6.07, 6.45) is 1.95. The van der Waals surface area contributed by atoms with E-state index in [4.69, 9.17) is 4.74 Å². The number of carbonyl (C=O) groups is 1. The highest BCUT2D eigenvalue weighted by molar-refractivity contribution is 5.76. The number of benzene rings is 2. The fourth-order valence-electron chi connectivity index (χ4n) is 3.07. The normalized spacial score (nSPS) is 14.9. The molecule has 0 heterocycles. The lowest BCUT2D eigenvalue weighted by Crippen LogP contribution is -2.47. The van der Waals surface area contributed by atoms with E-state index in [1.807, 2.05) is 47.4 Å². The van der Waals surface area contributed by atoms with Crippen molar-refractivity contribution in [2.24, 2.45) is 0 Å². The van der Waals surface area contributed by atoms with E-state index in [9.17, 15) is 4.79 Å². The molecule has 2 amide bonds. The van der Waals surface area contributed by atoms with Crippen LogP contribution in [-0.2, 0) is 12.1 Å². The van der Waals surface area contributed by atoms with Gasteiger partial charge in [0.25, 0.3) is 0 Å². The third-order valence-electron chi connectivity index (χ3n) is 4.82. The number of rotatable bonds is 6. The van der Waals surface area contributed by atoms with Crippen LogP contribution in [0.1, 0.15) is 37.8 Å². The predicted octanol–water partition coefficient (Wildman–Crippen LogP) is 4.30. The molecule has 0 aliphatic heterocycles. The average Bonchev–Trinajstić information content (AvgIpc) is 3.41. The van der Waals surface area contributed by atoms with Crippen LogP contribution in [0.2, 0.25) is 0 Å². The zero-order chi connectivity index (χ0) is 17.9. The van der Waals surface area contributed by atoms with Crippen molar-refractivity contribution in [3.05, 3.63) is 65.7 Å². The molecule has 4 nitrogen and oxygen atoms in total. The first-order valence-electron chi connectivity index (χ1n) is 8.81. The Morgan fingerprint density at radius 1 is 1.12 bits per heavy atom. The Labute approximate surface area is 149 Å². The van der Waals surface area contributed by atoms with Crippen LogP contribution in [0.25, 0.3) is 0 Å². The van der Waals surface area contributed by atoms with E-state index in [2.05, 4.69) is 31.3 Å². The van der Waals surface area contributed by atoms with Crippen LogP contribution in [0, 0.1) is 0 Å². The number of nitrogens with zero attached hydrogens (tertiary/aromatic N) is 1. The van der Waals surface area contributed by atoms with Gasteiger partial charge in [0.15, 0.2) is 0 Å². The summed E-state index contributed by atoms with van der Waals surface area (Å²) in [5, 5.41) is 3.27. The van der Waals surface area contributed by atoms with Gasteiger partial charge < -0.3 is 15.0 Å². The molecule has 0 saturated heterocycles. The van der Waals surface area contributed by atoms with Gasteiger partial charge in [-0.05, 0) is 49.9 Å². The first kappa shape index (κ1) is 17.3. The van der Waals surface area contributed by atoms with Crippen LogP contribution in [0.15, 0.2) is 54.6 Å². The minimum absolute atomic E-state index is 0.00725. The molecule has 1 fully saturated rings. The van der Waals surface area contributed by atoms with E-state index in [0.717, 1.165) is 29.7 Å². The first-order valence-corrected chi connectivity index (χ1v) is 8.81. The van der Waals surface area contributed by atoms with Crippen molar-refractivity contribution in [1.29, 1.82) is 0 Å². The Bertz CT molecular complexity index is 706. The monoisotopic (exact) mass is 338 g/mol. The van der Waals surface area contributed by atoms with Crippen molar-refractivity contribution in [3.63, 3.8) is 0 Å². The number of urea groups is 1. The quantitative estimate of drug-likeness (QED) is 0.853. The molecule has 2 aromatic carbocycles. The van der Waals surface area contributed by atoms with Crippen LogP contribution < -0.4 is 10.1 Å². The third-order valence-corrected chi connectivity index (χ3v) is 4.82. The second-order valence-electron chi connectivity index (χ2n) is 6.95. The van der Waals surface area contributed by atoms with Crippen molar-refractivity contribution >= 4 is 6.03 Å². The number of hydrogen-bond acceptors (Lipinski definition) is 2. The molecular formula is C21H26N2O2. The van der Waals surface area contributed by atoms with Gasteiger partial charge in [-0.1, -0.05) is 42.5 Å². The minimum atomic E-state index is -0.229. The Morgan fingerprint density at radius 2 is 1.76 bits per heavy atom. The fourth-order valence-corrected chi connectivity index (χ4v) is 3.07. The summed E-state index contributed by atoms with van der Waals surface area (Å²) in [5.41, 5.74) is 2.05. The average molecular weight is 338 g/mol. The maximum absolute atomic E-state index is 12.9. The van der Waals surface area contributed by atoms with Crippen LogP contribution in [0.4, 0.5) is 4.79 Å². The fraction of sp³-hybridized carbons (Fsp3) is 0.381. The van der Waals surface area contributed by atoms with Crippen LogP contribution in [-0.4, -0.2) is 24.1 Å². The van der Waals surface area contributed by atoms with Gasteiger partial charge in [-0.25, -0.2) is 4.79 Å². The van der Waals surface area contributed by atoms with E-state index in [1.54, 1.807) is 7.11 Å². The SMILES string of the molecule is COc1ccc(C2(NC(=O)N(Cc3ccccc3)C(C)C)CC2)cc1. The Hall–Kier alpha value is -2.49. The van der Waals surface area contributed by atoms with Crippen LogP contribution in [0.3, 0.4) is 0 Å². The highest BCUT2D eigenvalue weighted by Crippen LogP contribution is 2.46. The second kappa shape index (κ2) is 7.18. The van der Waals surface area contributed by atoms with Gasteiger partial charge >= 0.3 is 6.03 Å². The van der Waals surface area contributed by atoms with Gasteiger partial charge in [0, 0.05) is 12.6 Å².